The largest absolute Gasteiger partial charge is 0.484 e. The van der Waals surface area contributed by atoms with Gasteiger partial charge in [-0.2, -0.15) is 0 Å². The Morgan fingerprint density at radius 2 is 1.84 bits per heavy atom. The molecule has 0 atom stereocenters. The van der Waals surface area contributed by atoms with Crippen LogP contribution in [0.3, 0.4) is 0 Å². The molecular weight excluding hydrogens is 390 g/mol. The Morgan fingerprint density at radius 1 is 1.03 bits per heavy atom. The number of nitrogens with zero attached hydrogens (tertiary/aromatic N) is 4. The SMILES string of the molecule is Cc1ccc(CN2CCc3nnc(CCNC(=O)COc4ccccc4)n3CC2)cc1. The Morgan fingerprint density at radius 3 is 2.65 bits per heavy atom. The lowest BCUT2D eigenvalue weighted by Gasteiger charge is -2.19. The van der Waals surface area contributed by atoms with Gasteiger partial charge in [-0.25, -0.2) is 0 Å². The Bertz CT molecular complexity index is 985. The molecule has 0 saturated heterocycles. The maximum absolute atomic E-state index is 12.0. The van der Waals surface area contributed by atoms with Gasteiger partial charge in [0.1, 0.15) is 17.4 Å². The number of aryl methyl sites for hydroxylation is 1. The first-order valence-electron chi connectivity index (χ1n) is 10.8. The Balaban J connectivity index is 1.23. The van der Waals surface area contributed by atoms with Crippen molar-refractivity contribution in [1.29, 1.82) is 0 Å². The summed E-state index contributed by atoms with van der Waals surface area (Å²) < 4.78 is 7.69. The molecule has 1 N–H and O–H groups in total. The van der Waals surface area contributed by atoms with Crippen LogP contribution in [0.25, 0.3) is 0 Å². The van der Waals surface area contributed by atoms with E-state index in [9.17, 15) is 4.79 Å². The van der Waals surface area contributed by atoms with E-state index in [0.717, 1.165) is 44.2 Å². The van der Waals surface area contributed by atoms with Crippen molar-refractivity contribution >= 4 is 5.91 Å². The van der Waals surface area contributed by atoms with Crippen LogP contribution in [0.2, 0.25) is 0 Å². The standard InChI is InChI=1S/C24H29N5O2/c1-19-7-9-20(10-8-19)17-28-14-12-23-27-26-22(29(23)16-15-28)11-13-25-24(30)18-31-21-5-3-2-4-6-21/h2-10H,11-18H2,1H3,(H,25,30). The summed E-state index contributed by atoms with van der Waals surface area (Å²) in [5.74, 6) is 2.51. The molecule has 0 fully saturated rings. The Hall–Kier alpha value is -3.19. The van der Waals surface area contributed by atoms with Gasteiger partial charge in [-0.15, -0.1) is 10.2 Å². The van der Waals surface area contributed by atoms with Crippen molar-refractivity contribution < 1.29 is 9.53 Å². The predicted molar refractivity (Wildman–Crippen MR) is 119 cm³/mol. The van der Waals surface area contributed by atoms with Gasteiger partial charge in [0, 0.05) is 45.6 Å². The molecule has 4 rings (SSSR count). The zero-order valence-electron chi connectivity index (χ0n) is 18.0. The first-order valence-corrected chi connectivity index (χ1v) is 10.8. The first-order chi connectivity index (χ1) is 15.2. The second kappa shape index (κ2) is 10.2. The highest BCUT2D eigenvalue weighted by molar-refractivity contribution is 5.77. The van der Waals surface area contributed by atoms with Gasteiger partial charge in [0.2, 0.25) is 0 Å². The lowest BCUT2D eigenvalue weighted by atomic mass is 10.1. The van der Waals surface area contributed by atoms with Gasteiger partial charge in [-0.1, -0.05) is 48.0 Å². The lowest BCUT2D eigenvalue weighted by molar-refractivity contribution is -0.123. The normalized spacial score (nSPS) is 14.0. The fourth-order valence-corrected chi connectivity index (χ4v) is 3.75. The van der Waals surface area contributed by atoms with Gasteiger partial charge < -0.3 is 14.6 Å². The Kier molecular flexibility index (Phi) is 6.94. The van der Waals surface area contributed by atoms with Crippen molar-refractivity contribution in [3.05, 3.63) is 77.4 Å². The topological polar surface area (TPSA) is 72.3 Å². The van der Waals surface area contributed by atoms with E-state index in [2.05, 4.69) is 56.2 Å². The van der Waals surface area contributed by atoms with Crippen molar-refractivity contribution in [3.63, 3.8) is 0 Å². The molecule has 1 amide bonds. The molecule has 0 unspecified atom stereocenters. The quantitative estimate of drug-likeness (QED) is 0.607. The molecule has 31 heavy (non-hydrogen) atoms. The summed E-state index contributed by atoms with van der Waals surface area (Å²) in [6.07, 6.45) is 1.54. The average Bonchev–Trinajstić information content (AvgIpc) is 3.06. The third-order valence-corrected chi connectivity index (χ3v) is 5.51. The highest BCUT2D eigenvalue weighted by Gasteiger charge is 2.18. The summed E-state index contributed by atoms with van der Waals surface area (Å²) in [5.41, 5.74) is 2.62. The third-order valence-electron chi connectivity index (χ3n) is 5.51. The maximum Gasteiger partial charge on any atom is 0.257 e. The minimum absolute atomic E-state index is 0.00985. The van der Waals surface area contributed by atoms with Crippen LogP contribution in [0.4, 0.5) is 0 Å². The van der Waals surface area contributed by atoms with Crippen LogP contribution in [-0.4, -0.2) is 51.8 Å². The molecular formula is C24H29N5O2. The number of aromatic nitrogens is 3. The number of nitrogens with one attached hydrogen (secondary N) is 1. The Labute approximate surface area is 183 Å². The first kappa shape index (κ1) is 21.1. The molecule has 2 heterocycles. The van der Waals surface area contributed by atoms with Crippen LogP contribution in [0.1, 0.15) is 22.8 Å². The predicted octanol–water partition coefficient (Wildman–Crippen LogP) is 2.38. The number of para-hydroxylation sites is 1. The molecule has 0 bridgehead atoms. The van der Waals surface area contributed by atoms with Gasteiger partial charge in [-0.3, -0.25) is 9.69 Å². The smallest absolute Gasteiger partial charge is 0.257 e. The highest BCUT2D eigenvalue weighted by atomic mass is 16.5. The molecule has 3 aromatic rings. The monoisotopic (exact) mass is 419 g/mol. The van der Waals surface area contributed by atoms with Gasteiger partial charge in [0.15, 0.2) is 6.61 Å². The molecule has 162 valence electrons. The van der Waals surface area contributed by atoms with Crippen molar-refractivity contribution in [2.24, 2.45) is 0 Å². The van der Waals surface area contributed by atoms with Crippen molar-refractivity contribution in [2.45, 2.75) is 32.9 Å². The zero-order valence-corrected chi connectivity index (χ0v) is 18.0. The molecule has 0 radical (unpaired) electrons. The number of ether oxygens (including phenoxy) is 1. The third kappa shape index (κ3) is 5.92. The molecule has 1 aliphatic rings. The fraction of sp³-hybridized carbons (Fsp3) is 0.375. The van der Waals surface area contributed by atoms with Crippen LogP contribution in [0, 0.1) is 6.92 Å². The summed E-state index contributed by atoms with van der Waals surface area (Å²) >= 11 is 0. The minimum atomic E-state index is -0.135. The fourth-order valence-electron chi connectivity index (χ4n) is 3.75. The van der Waals surface area contributed by atoms with Gasteiger partial charge in [0.05, 0.1) is 0 Å². The van der Waals surface area contributed by atoms with Crippen LogP contribution in [0.5, 0.6) is 5.75 Å². The van der Waals surface area contributed by atoms with E-state index in [0.29, 0.717) is 18.7 Å². The van der Waals surface area contributed by atoms with E-state index in [1.165, 1.54) is 11.1 Å². The molecule has 1 aromatic heterocycles. The number of hydrogen-bond acceptors (Lipinski definition) is 5. The van der Waals surface area contributed by atoms with Crippen LogP contribution < -0.4 is 10.1 Å². The second-order valence-corrected chi connectivity index (χ2v) is 7.90. The van der Waals surface area contributed by atoms with Crippen LogP contribution in [-0.2, 0) is 30.7 Å². The summed E-state index contributed by atoms with van der Waals surface area (Å²) in [7, 11) is 0. The summed E-state index contributed by atoms with van der Waals surface area (Å²) in [6.45, 7) is 6.39. The van der Waals surface area contributed by atoms with Crippen LogP contribution >= 0.6 is 0 Å². The average molecular weight is 420 g/mol. The van der Waals surface area contributed by atoms with E-state index in [1.54, 1.807) is 0 Å². The number of fused-ring (bicyclic) bond motifs is 1. The number of amides is 1. The molecule has 1 aliphatic heterocycles. The molecule has 0 aliphatic carbocycles. The van der Waals surface area contributed by atoms with E-state index >= 15 is 0 Å². The van der Waals surface area contributed by atoms with Crippen LogP contribution in [0.15, 0.2) is 54.6 Å². The van der Waals surface area contributed by atoms with E-state index in [4.69, 9.17) is 4.74 Å². The van der Waals surface area contributed by atoms with Gasteiger partial charge in [0.25, 0.3) is 5.91 Å². The number of hydrogen-bond donors (Lipinski definition) is 1. The summed E-state index contributed by atoms with van der Waals surface area (Å²) in [5, 5.41) is 11.7. The summed E-state index contributed by atoms with van der Waals surface area (Å²) in [6, 6.07) is 18.1. The van der Waals surface area contributed by atoms with Gasteiger partial charge in [-0.05, 0) is 24.6 Å². The lowest BCUT2D eigenvalue weighted by Crippen LogP contribution is -2.31. The molecule has 0 saturated carbocycles. The number of benzene rings is 2. The van der Waals surface area contributed by atoms with Crippen molar-refractivity contribution in [1.82, 2.24) is 25.0 Å². The molecule has 7 nitrogen and oxygen atoms in total. The maximum atomic E-state index is 12.0. The minimum Gasteiger partial charge on any atom is -0.484 e. The van der Waals surface area contributed by atoms with Crippen molar-refractivity contribution in [2.75, 3.05) is 26.2 Å². The second-order valence-electron chi connectivity index (χ2n) is 7.90. The van der Waals surface area contributed by atoms with E-state index < -0.39 is 0 Å². The number of carbonyl (C=O) groups is 1. The zero-order chi connectivity index (χ0) is 21.5. The highest BCUT2D eigenvalue weighted by Crippen LogP contribution is 2.13. The molecule has 0 spiro atoms. The van der Waals surface area contributed by atoms with Gasteiger partial charge >= 0.3 is 0 Å². The van der Waals surface area contributed by atoms with E-state index in [-0.39, 0.29) is 12.5 Å². The molecule has 2 aromatic carbocycles. The number of carbonyl (C=O) groups excluding carboxylic acids is 1. The number of rotatable bonds is 8. The summed E-state index contributed by atoms with van der Waals surface area (Å²) in [4.78, 5) is 14.5. The molecule has 7 heteroatoms. The van der Waals surface area contributed by atoms with E-state index in [1.807, 2.05) is 30.3 Å². The van der Waals surface area contributed by atoms with Crippen molar-refractivity contribution in [3.8, 4) is 5.75 Å².